The summed E-state index contributed by atoms with van der Waals surface area (Å²) < 4.78 is 0.386. The Hall–Kier alpha value is -1.80. The first-order valence-corrected chi connectivity index (χ1v) is 7.61. The highest BCUT2D eigenvalue weighted by Crippen LogP contribution is 2.28. The van der Waals surface area contributed by atoms with Gasteiger partial charge in [0.25, 0.3) is 0 Å². The van der Waals surface area contributed by atoms with Crippen LogP contribution in [0.2, 0.25) is 0 Å². The molecule has 21 heavy (non-hydrogen) atoms. The lowest BCUT2D eigenvalue weighted by atomic mass is 10.2. The largest absolute Gasteiger partial charge is 0.872 e. The molecule has 0 amide bonds. The molecular formula is C13H11BrN3O3S-. The maximum Gasteiger partial charge on any atom is 0.342 e. The number of aromatic nitrogens is 3. The fraction of sp³-hybridized carbons (Fsp3) is 0.154. The molecule has 1 aromatic heterocycles. The van der Waals surface area contributed by atoms with Crippen molar-refractivity contribution in [3.63, 3.8) is 0 Å². The topological polar surface area (TPSA) is 102 Å². The van der Waals surface area contributed by atoms with Gasteiger partial charge in [0, 0.05) is 10.9 Å². The summed E-state index contributed by atoms with van der Waals surface area (Å²) >= 11 is 4.08. The van der Waals surface area contributed by atoms with E-state index in [-0.39, 0.29) is 10.7 Å². The maximum absolute atomic E-state index is 11.3. The van der Waals surface area contributed by atoms with E-state index >= 15 is 0 Å². The summed E-state index contributed by atoms with van der Waals surface area (Å²) in [4.78, 5) is 15.5. The van der Waals surface area contributed by atoms with Gasteiger partial charge in [-0.25, -0.2) is 9.78 Å². The van der Waals surface area contributed by atoms with Gasteiger partial charge in [0.2, 0.25) is 5.16 Å². The molecule has 110 valence electrons. The quantitative estimate of drug-likeness (QED) is 0.620. The van der Waals surface area contributed by atoms with E-state index in [4.69, 9.17) is 0 Å². The van der Waals surface area contributed by atoms with Crippen molar-refractivity contribution in [2.24, 2.45) is 0 Å². The van der Waals surface area contributed by atoms with Gasteiger partial charge >= 0.3 is 5.97 Å². The van der Waals surface area contributed by atoms with E-state index in [9.17, 15) is 15.0 Å². The first kappa shape index (κ1) is 15.6. The number of carbonyl (C=O) groups is 1. The number of benzene rings is 1. The van der Waals surface area contributed by atoms with Crippen molar-refractivity contribution in [2.45, 2.75) is 18.5 Å². The molecule has 0 radical (unpaired) electrons. The number of nitrogens with one attached hydrogen (secondary N) is 1. The number of aromatic amines is 1. The van der Waals surface area contributed by atoms with Crippen LogP contribution in [0.25, 0.3) is 6.08 Å². The minimum atomic E-state index is -1.08. The molecule has 0 bridgehead atoms. The Morgan fingerprint density at radius 2 is 2.33 bits per heavy atom. The molecule has 0 unspecified atom stereocenters. The van der Waals surface area contributed by atoms with E-state index in [1.165, 1.54) is 12.1 Å². The summed E-state index contributed by atoms with van der Waals surface area (Å²) in [5.41, 5.74) is 0.609. The SMILES string of the molecule is CCc1nc(S/C(=C\c2ccc([O-])c(Br)c2)C(=O)O)n[nH]1. The number of H-pyrrole nitrogens is 1. The van der Waals surface area contributed by atoms with Gasteiger partial charge in [0.15, 0.2) is 0 Å². The summed E-state index contributed by atoms with van der Waals surface area (Å²) in [5, 5.41) is 27.6. The third kappa shape index (κ3) is 4.08. The van der Waals surface area contributed by atoms with Crippen LogP contribution in [0.1, 0.15) is 18.3 Å². The molecule has 2 aromatic rings. The zero-order valence-electron chi connectivity index (χ0n) is 11.0. The second-order valence-electron chi connectivity index (χ2n) is 4.02. The molecule has 0 aliphatic heterocycles. The number of halogens is 1. The van der Waals surface area contributed by atoms with Gasteiger partial charge in [0.1, 0.15) is 10.7 Å². The third-order valence-corrected chi connectivity index (χ3v) is 4.01. The Bertz CT molecular complexity index is 700. The van der Waals surface area contributed by atoms with Gasteiger partial charge in [-0.05, 0) is 29.5 Å². The fourth-order valence-corrected chi connectivity index (χ4v) is 2.60. The van der Waals surface area contributed by atoms with Crippen LogP contribution in [0.3, 0.4) is 0 Å². The number of carboxylic acids is 1. The van der Waals surface area contributed by atoms with Gasteiger partial charge in [-0.3, -0.25) is 5.10 Å². The van der Waals surface area contributed by atoms with E-state index in [0.29, 0.717) is 27.4 Å². The number of hydrogen-bond acceptors (Lipinski definition) is 5. The molecule has 0 spiro atoms. The molecule has 0 aliphatic carbocycles. The molecule has 2 N–H and O–H groups in total. The predicted octanol–water partition coefficient (Wildman–Crippen LogP) is 2.42. The highest BCUT2D eigenvalue weighted by atomic mass is 79.9. The lowest BCUT2D eigenvalue weighted by Crippen LogP contribution is -1.97. The summed E-state index contributed by atoms with van der Waals surface area (Å²) in [7, 11) is 0. The van der Waals surface area contributed by atoms with Crippen molar-refractivity contribution in [2.75, 3.05) is 0 Å². The molecule has 0 aliphatic rings. The van der Waals surface area contributed by atoms with Gasteiger partial charge < -0.3 is 10.2 Å². The standard InChI is InChI=1S/C13H12BrN3O3S/c1-2-11-15-13(17-16-11)21-10(12(19)20)6-7-3-4-9(18)8(14)5-7/h3-6,18H,2H2,1H3,(H,19,20)(H,15,16,17)/p-1/b10-6-. The smallest absolute Gasteiger partial charge is 0.342 e. The molecule has 0 atom stereocenters. The molecule has 1 heterocycles. The molecule has 6 nitrogen and oxygen atoms in total. The van der Waals surface area contributed by atoms with Crippen molar-refractivity contribution < 1.29 is 15.0 Å². The summed E-state index contributed by atoms with van der Waals surface area (Å²) in [6.45, 7) is 1.92. The molecule has 1 aromatic carbocycles. The summed E-state index contributed by atoms with van der Waals surface area (Å²) in [6, 6.07) is 4.51. The Labute approximate surface area is 133 Å². The van der Waals surface area contributed by atoms with Crippen LogP contribution in [0.4, 0.5) is 0 Å². The van der Waals surface area contributed by atoms with E-state index in [1.54, 1.807) is 12.1 Å². The highest BCUT2D eigenvalue weighted by Gasteiger charge is 2.13. The van der Waals surface area contributed by atoms with Crippen molar-refractivity contribution in [3.8, 4) is 5.75 Å². The number of rotatable bonds is 5. The number of thioether (sulfide) groups is 1. The lowest BCUT2D eigenvalue weighted by molar-refractivity contribution is -0.269. The number of nitrogens with zero attached hydrogens (tertiary/aromatic N) is 2. The third-order valence-electron chi connectivity index (χ3n) is 2.51. The van der Waals surface area contributed by atoms with Crippen LogP contribution in [-0.4, -0.2) is 26.3 Å². The van der Waals surface area contributed by atoms with E-state index < -0.39 is 5.97 Å². The van der Waals surface area contributed by atoms with Crippen molar-refractivity contribution in [3.05, 3.63) is 39.0 Å². The van der Waals surface area contributed by atoms with Crippen LogP contribution >= 0.6 is 27.7 Å². The molecule has 0 saturated carbocycles. The van der Waals surface area contributed by atoms with Crippen molar-refractivity contribution >= 4 is 39.7 Å². The second kappa shape index (κ2) is 6.77. The highest BCUT2D eigenvalue weighted by molar-refractivity contribution is 9.10. The van der Waals surface area contributed by atoms with Crippen LogP contribution in [0.5, 0.6) is 5.75 Å². The minimum Gasteiger partial charge on any atom is -0.872 e. The van der Waals surface area contributed by atoms with Crippen molar-refractivity contribution in [1.82, 2.24) is 15.2 Å². The average Bonchev–Trinajstić information content (AvgIpc) is 2.90. The first-order chi connectivity index (χ1) is 9.99. The van der Waals surface area contributed by atoms with Crippen LogP contribution in [0.15, 0.2) is 32.7 Å². The first-order valence-electron chi connectivity index (χ1n) is 6.00. The lowest BCUT2D eigenvalue weighted by Gasteiger charge is -2.08. The maximum atomic E-state index is 11.3. The molecule has 0 saturated heterocycles. The Balaban J connectivity index is 2.27. The number of carboxylic acid groups (broad SMARTS) is 1. The normalized spacial score (nSPS) is 11.6. The minimum absolute atomic E-state index is 0.0715. The second-order valence-corrected chi connectivity index (χ2v) is 5.89. The Morgan fingerprint density at radius 3 is 2.90 bits per heavy atom. The van der Waals surface area contributed by atoms with Gasteiger partial charge in [-0.1, -0.05) is 40.7 Å². The number of hydrogen-bond donors (Lipinski definition) is 2. The van der Waals surface area contributed by atoms with Gasteiger partial charge in [0.05, 0.1) is 0 Å². The Kier molecular flexibility index (Phi) is 5.03. The molecule has 0 fully saturated rings. The average molecular weight is 369 g/mol. The molecule has 2 rings (SSSR count). The summed E-state index contributed by atoms with van der Waals surface area (Å²) in [6.07, 6.45) is 2.16. The number of aliphatic carboxylic acids is 1. The van der Waals surface area contributed by atoms with Crippen LogP contribution in [0, 0.1) is 0 Å². The number of aryl methyl sites for hydroxylation is 1. The molecular weight excluding hydrogens is 358 g/mol. The van der Waals surface area contributed by atoms with Crippen LogP contribution < -0.4 is 5.11 Å². The van der Waals surface area contributed by atoms with Gasteiger partial charge in [-0.15, -0.1) is 5.10 Å². The fourth-order valence-electron chi connectivity index (χ4n) is 1.47. The Morgan fingerprint density at radius 1 is 1.57 bits per heavy atom. The van der Waals surface area contributed by atoms with Crippen LogP contribution in [-0.2, 0) is 11.2 Å². The zero-order chi connectivity index (χ0) is 15.4. The molecule has 8 heteroatoms. The van der Waals surface area contributed by atoms with E-state index in [2.05, 4.69) is 31.1 Å². The van der Waals surface area contributed by atoms with Crippen molar-refractivity contribution in [1.29, 1.82) is 0 Å². The van der Waals surface area contributed by atoms with E-state index in [0.717, 1.165) is 11.8 Å². The monoisotopic (exact) mass is 368 g/mol. The van der Waals surface area contributed by atoms with Gasteiger partial charge in [-0.2, -0.15) is 0 Å². The predicted molar refractivity (Wildman–Crippen MR) is 80.8 cm³/mol. The van der Waals surface area contributed by atoms with E-state index in [1.807, 2.05) is 6.92 Å². The summed E-state index contributed by atoms with van der Waals surface area (Å²) in [5.74, 6) is -0.538. The zero-order valence-corrected chi connectivity index (χ0v) is 13.4.